The predicted octanol–water partition coefficient (Wildman–Crippen LogP) is 4.52. The fourth-order valence-electron chi connectivity index (χ4n) is 9.21. The van der Waals surface area contributed by atoms with Crippen LogP contribution in [0.3, 0.4) is 0 Å². The van der Waals surface area contributed by atoms with Crippen molar-refractivity contribution in [2.75, 3.05) is 26.2 Å². The van der Waals surface area contributed by atoms with Gasteiger partial charge < -0.3 is 19.4 Å². The first kappa shape index (κ1) is 25.4. The van der Waals surface area contributed by atoms with Crippen LogP contribution in [0.1, 0.15) is 53.4 Å². The molecule has 35 heavy (non-hydrogen) atoms. The van der Waals surface area contributed by atoms with E-state index in [-0.39, 0.29) is 30.0 Å². The Bertz CT molecular complexity index is 950. The van der Waals surface area contributed by atoms with E-state index in [1.807, 2.05) is 6.92 Å². The maximum Gasteiger partial charge on any atom is 0.317 e. The van der Waals surface area contributed by atoms with E-state index in [9.17, 15) is 14.7 Å². The fraction of sp³-hybridized carbons (Fsp3) is 0.786. The molecule has 4 fully saturated rings. The third-order valence-corrected chi connectivity index (χ3v) is 10.3. The zero-order chi connectivity index (χ0) is 25.3. The number of morpholine rings is 1. The molecule has 0 radical (unpaired) electrons. The van der Waals surface area contributed by atoms with Crippen LogP contribution in [0.5, 0.6) is 0 Å². The van der Waals surface area contributed by atoms with Gasteiger partial charge in [-0.2, -0.15) is 0 Å². The molecule has 5 rings (SSSR count). The van der Waals surface area contributed by atoms with E-state index in [1.54, 1.807) is 0 Å². The summed E-state index contributed by atoms with van der Waals surface area (Å²) >= 11 is 6.08. The molecule has 0 spiro atoms. The molecule has 0 aromatic rings. The zero-order valence-corrected chi connectivity index (χ0v) is 22.2. The number of rotatable bonds is 8. The molecule has 1 aliphatic heterocycles. The molecule has 6 nitrogen and oxygen atoms in total. The molecule has 1 unspecified atom stereocenters. The Kier molecular flexibility index (Phi) is 6.31. The summed E-state index contributed by atoms with van der Waals surface area (Å²) in [4.78, 5) is 28.8. The van der Waals surface area contributed by atoms with Crippen LogP contribution >= 0.6 is 11.6 Å². The highest BCUT2D eigenvalue weighted by Crippen LogP contribution is 2.80. The van der Waals surface area contributed by atoms with E-state index < -0.39 is 22.4 Å². The van der Waals surface area contributed by atoms with Gasteiger partial charge in [-0.3, -0.25) is 9.69 Å². The lowest BCUT2D eigenvalue weighted by Crippen LogP contribution is -2.66. The van der Waals surface area contributed by atoms with E-state index in [1.165, 1.54) is 0 Å². The average molecular weight is 506 g/mol. The highest BCUT2D eigenvalue weighted by atomic mass is 35.5. The topological polar surface area (TPSA) is 76.1 Å². The second-order valence-corrected chi connectivity index (χ2v) is 12.8. The maximum absolute atomic E-state index is 13.5. The summed E-state index contributed by atoms with van der Waals surface area (Å²) in [6.07, 6.45) is 6.27. The monoisotopic (exact) mass is 505 g/mol. The molecule has 194 valence electrons. The molecule has 3 saturated carbocycles. The van der Waals surface area contributed by atoms with E-state index in [4.69, 9.17) is 21.1 Å². The molecular weight excluding hydrogens is 466 g/mol. The molecule has 1 saturated heterocycles. The minimum Gasteiger partial charge on any atom is -0.480 e. The largest absolute Gasteiger partial charge is 0.480 e. The lowest BCUT2D eigenvalue weighted by Gasteiger charge is -2.58. The van der Waals surface area contributed by atoms with Gasteiger partial charge in [0.05, 0.1) is 29.8 Å². The SMILES string of the molecule is C=C(Cl)CN1CC(C)O[C@@H](CO[C@@]23C[C@@H]4[C@H](C)CC[C@H]4[C@@]4(C=O)C[C@@H]2C=C(C(C)C)[C@@]34C(=O)O)C1. The standard InChI is InChI=1S/C28H40ClNO5/c1-16(2)24-8-20-9-26(15-31)23-7-6-17(3)22(23)10-27(20,28(24,26)25(32)33)34-14-21-13-30(11-18(4)29)12-19(5)35-21/h8,15-17,19-23H,4,6-7,9-14H2,1-3,5H3,(H,32,33)/t17-,19?,20+,21-,22-,23-,26+,27+,28+/m1/s1. The predicted molar refractivity (Wildman–Crippen MR) is 134 cm³/mol. The number of hydrogen-bond acceptors (Lipinski definition) is 5. The number of nitrogens with zero attached hydrogens (tertiary/aromatic N) is 1. The highest BCUT2D eigenvalue weighted by Gasteiger charge is 2.85. The number of carbonyl (C=O) groups is 2. The van der Waals surface area contributed by atoms with Crippen molar-refractivity contribution in [2.45, 2.75) is 71.2 Å². The van der Waals surface area contributed by atoms with Crippen molar-refractivity contribution in [1.29, 1.82) is 0 Å². The number of aliphatic carboxylic acids is 1. The summed E-state index contributed by atoms with van der Waals surface area (Å²) in [5.41, 5.74) is -2.24. The smallest absolute Gasteiger partial charge is 0.317 e. The van der Waals surface area contributed by atoms with Crippen LogP contribution in [0, 0.1) is 40.4 Å². The number of fused-ring (bicyclic) bond motifs is 2. The lowest BCUT2D eigenvalue weighted by molar-refractivity contribution is -0.221. The third-order valence-electron chi connectivity index (χ3n) is 10.2. The van der Waals surface area contributed by atoms with Crippen LogP contribution in [-0.4, -0.2) is 66.3 Å². The van der Waals surface area contributed by atoms with Crippen LogP contribution in [-0.2, 0) is 19.1 Å². The van der Waals surface area contributed by atoms with E-state index in [2.05, 4.69) is 38.3 Å². The second kappa shape index (κ2) is 8.68. The normalized spacial score (nSPS) is 46.5. The molecule has 0 amide bonds. The van der Waals surface area contributed by atoms with Gasteiger partial charge in [0.1, 0.15) is 11.7 Å². The molecule has 9 atom stereocenters. The third kappa shape index (κ3) is 3.32. The first-order chi connectivity index (χ1) is 16.5. The summed E-state index contributed by atoms with van der Waals surface area (Å²) in [7, 11) is 0. The van der Waals surface area contributed by atoms with E-state index in [0.717, 1.165) is 31.2 Å². The maximum atomic E-state index is 13.5. The molecule has 7 heteroatoms. The molecule has 1 heterocycles. The van der Waals surface area contributed by atoms with Crippen LogP contribution in [0.15, 0.2) is 23.3 Å². The van der Waals surface area contributed by atoms with Crippen LogP contribution in [0.4, 0.5) is 0 Å². The minimum absolute atomic E-state index is 0.0172. The average Bonchev–Trinajstić information content (AvgIpc) is 3.34. The minimum atomic E-state index is -1.31. The Balaban J connectivity index is 1.53. The fourth-order valence-corrected chi connectivity index (χ4v) is 9.38. The van der Waals surface area contributed by atoms with Crippen LogP contribution in [0.2, 0.25) is 0 Å². The lowest BCUT2D eigenvalue weighted by atomic mass is 9.45. The molecule has 4 aliphatic carbocycles. The summed E-state index contributed by atoms with van der Waals surface area (Å²) < 4.78 is 13.2. The Hall–Kier alpha value is -1.21. The van der Waals surface area contributed by atoms with Gasteiger partial charge in [-0.05, 0) is 49.9 Å². The van der Waals surface area contributed by atoms with Gasteiger partial charge in [0.2, 0.25) is 0 Å². The highest BCUT2D eigenvalue weighted by molar-refractivity contribution is 6.29. The van der Waals surface area contributed by atoms with Crippen LogP contribution < -0.4 is 0 Å². The number of halogens is 1. The second-order valence-electron chi connectivity index (χ2n) is 12.3. The first-order valence-corrected chi connectivity index (χ1v) is 13.7. The Morgan fingerprint density at radius 2 is 2.09 bits per heavy atom. The van der Waals surface area contributed by atoms with Crippen molar-refractivity contribution < 1.29 is 24.2 Å². The summed E-state index contributed by atoms with van der Waals surface area (Å²) in [6, 6.07) is 0. The van der Waals surface area contributed by atoms with E-state index in [0.29, 0.717) is 49.4 Å². The number of carboxylic acids is 1. The molecule has 4 bridgehead atoms. The number of carbonyl (C=O) groups excluding carboxylic acids is 1. The number of hydrogen-bond donors (Lipinski definition) is 1. The van der Waals surface area contributed by atoms with Gasteiger partial charge in [0, 0.05) is 30.6 Å². The van der Waals surface area contributed by atoms with Crippen molar-refractivity contribution in [3.63, 3.8) is 0 Å². The molecule has 0 aromatic heterocycles. The van der Waals surface area contributed by atoms with Crippen molar-refractivity contribution >= 4 is 23.9 Å². The zero-order valence-electron chi connectivity index (χ0n) is 21.5. The van der Waals surface area contributed by atoms with Crippen LogP contribution in [0.25, 0.3) is 0 Å². The number of aldehydes is 1. The summed E-state index contributed by atoms with van der Waals surface area (Å²) in [6.45, 7) is 14.6. The Labute approximate surface area is 214 Å². The Morgan fingerprint density at radius 3 is 2.71 bits per heavy atom. The first-order valence-electron chi connectivity index (χ1n) is 13.3. The van der Waals surface area contributed by atoms with Gasteiger partial charge in [-0.25, -0.2) is 0 Å². The van der Waals surface area contributed by atoms with Gasteiger partial charge in [-0.15, -0.1) is 0 Å². The summed E-state index contributed by atoms with van der Waals surface area (Å²) in [5.74, 6) is -0.0551. The van der Waals surface area contributed by atoms with Crippen molar-refractivity contribution in [3.05, 3.63) is 23.3 Å². The molecule has 1 N–H and O–H groups in total. The summed E-state index contributed by atoms with van der Waals surface area (Å²) in [5, 5.41) is 11.6. The van der Waals surface area contributed by atoms with Gasteiger partial charge >= 0.3 is 5.97 Å². The molecular formula is C28H40ClNO5. The van der Waals surface area contributed by atoms with E-state index >= 15 is 0 Å². The van der Waals surface area contributed by atoms with Crippen molar-refractivity contribution in [3.8, 4) is 0 Å². The van der Waals surface area contributed by atoms with Gasteiger partial charge in [-0.1, -0.05) is 57.0 Å². The van der Waals surface area contributed by atoms with Gasteiger partial charge in [0.25, 0.3) is 0 Å². The van der Waals surface area contributed by atoms with Gasteiger partial charge in [0.15, 0.2) is 0 Å². The number of ether oxygens (including phenoxy) is 2. The van der Waals surface area contributed by atoms with Crippen molar-refractivity contribution in [1.82, 2.24) is 4.90 Å². The molecule has 5 aliphatic rings. The number of carboxylic acid groups (broad SMARTS) is 1. The molecule has 0 aromatic carbocycles. The van der Waals surface area contributed by atoms with Crippen molar-refractivity contribution in [2.24, 2.45) is 40.4 Å². The Morgan fingerprint density at radius 1 is 1.34 bits per heavy atom. The quantitative estimate of drug-likeness (QED) is 0.386.